The number of esters is 1. The number of likely N-dealkylation sites (tertiary alicyclic amines) is 2. The summed E-state index contributed by atoms with van der Waals surface area (Å²) in [6.45, 7) is 13.1. The summed E-state index contributed by atoms with van der Waals surface area (Å²) in [6, 6.07) is 7.93. The monoisotopic (exact) mass is 664 g/mol. The number of pyridine rings is 1. The molecule has 2 aliphatic rings. The minimum Gasteiger partial charge on any atom is -0.508 e. The van der Waals surface area contributed by atoms with Crippen LogP contribution in [-0.4, -0.2) is 81.1 Å². The number of benzene rings is 1. The predicted octanol–water partition coefficient (Wildman–Crippen LogP) is 6.01. The second-order valence-electron chi connectivity index (χ2n) is 15.0. The summed E-state index contributed by atoms with van der Waals surface area (Å²) in [6.07, 6.45) is 7.13. The molecule has 1 aromatic heterocycles. The van der Waals surface area contributed by atoms with Crippen molar-refractivity contribution < 1.29 is 33.8 Å². The van der Waals surface area contributed by atoms with Crippen LogP contribution in [0.5, 0.6) is 5.75 Å². The Labute approximate surface area is 284 Å². The molecule has 0 aliphatic carbocycles. The van der Waals surface area contributed by atoms with Crippen LogP contribution in [0.2, 0.25) is 0 Å². The SMILES string of the molecule is CC(C)(C)OC(=O)C[C@H](NC(=O)[C@@H]1CCCN(C(=O)CCC2CCN(C(=O)OC(C)(C)C)CC2)C1)c1cncc(-c2ccc(O)cc2)c1. The van der Waals surface area contributed by atoms with Gasteiger partial charge < -0.3 is 29.7 Å². The van der Waals surface area contributed by atoms with E-state index in [0.29, 0.717) is 56.9 Å². The molecule has 2 saturated heterocycles. The van der Waals surface area contributed by atoms with E-state index in [-0.39, 0.29) is 30.1 Å². The normalized spacial score (nSPS) is 18.2. The number of aromatic nitrogens is 1. The van der Waals surface area contributed by atoms with Crippen LogP contribution in [0.25, 0.3) is 11.1 Å². The number of phenols is 1. The minimum absolute atomic E-state index is 0.0400. The van der Waals surface area contributed by atoms with Crippen molar-refractivity contribution in [3.8, 4) is 16.9 Å². The first-order valence-corrected chi connectivity index (χ1v) is 17.1. The standard InChI is InChI=1S/C37H52N4O7/c1-36(2,3)47-33(44)21-31(29-20-28(22-38-23-29)26-10-12-30(42)13-11-26)39-34(45)27-8-7-17-41(24-27)32(43)14-9-25-15-18-40(19-16-25)35(46)48-37(4,5)6/h10-13,20,22-23,25,27,31,42H,7-9,14-19,21,24H2,1-6H3,(H,39,45)/t27-,31+/m1/s1. The number of hydrogen-bond donors (Lipinski definition) is 2. The van der Waals surface area contributed by atoms with Gasteiger partial charge in [-0.05, 0) is 109 Å². The van der Waals surface area contributed by atoms with Crippen molar-refractivity contribution >= 4 is 23.9 Å². The molecule has 0 bridgehead atoms. The number of nitrogens with one attached hydrogen (secondary N) is 1. The number of amides is 3. The van der Waals surface area contributed by atoms with Crippen molar-refractivity contribution in [3.05, 3.63) is 48.3 Å². The topological polar surface area (TPSA) is 138 Å². The summed E-state index contributed by atoms with van der Waals surface area (Å²) in [7, 11) is 0. The van der Waals surface area contributed by atoms with Gasteiger partial charge in [-0.3, -0.25) is 19.4 Å². The highest BCUT2D eigenvalue weighted by Crippen LogP contribution is 2.28. The molecule has 0 unspecified atom stereocenters. The van der Waals surface area contributed by atoms with Crippen molar-refractivity contribution in [1.82, 2.24) is 20.1 Å². The minimum atomic E-state index is -0.686. The van der Waals surface area contributed by atoms with E-state index in [4.69, 9.17) is 9.47 Å². The first-order chi connectivity index (χ1) is 22.6. The van der Waals surface area contributed by atoms with Gasteiger partial charge in [-0.25, -0.2) is 4.79 Å². The zero-order valence-electron chi connectivity index (χ0n) is 29.3. The first kappa shape index (κ1) is 36.7. The Morgan fingerprint density at radius 3 is 2.21 bits per heavy atom. The van der Waals surface area contributed by atoms with E-state index < -0.39 is 29.1 Å². The van der Waals surface area contributed by atoms with Crippen molar-refractivity contribution in [2.24, 2.45) is 11.8 Å². The molecule has 3 amide bonds. The molecule has 11 heteroatoms. The van der Waals surface area contributed by atoms with Crippen LogP contribution in [0, 0.1) is 11.8 Å². The first-order valence-electron chi connectivity index (χ1n) is 17.1. The van der Waals surface area contributed by atoms with Gasteiger partial charge in [-0.1, -0.05) is 12.1 Å². The Morgan fingerprint density at radius 2 is 1.56 bits per heavy atom. The van der Waals surface area contributed by atoms with E-state index in [1.54, 1.807) is 67.2 Å². The van der Waals surface area contributed by atoms with Gasteiger partial charge in [0.25, 0.3) is 0 Å². The third-order valence-electron chi connectivity index (χ3n) is 8.65. The number of carbonyl (C=O) groups is 4. The highest BCUT2D eigenvalue weighted by atomic mass is 16.6. The number of piperidine rings is 2. The zero-order chi connectivity index (χ0) is 35.1. The number of carbonyl (C=O) groups excluding carboxylic acids is 4. The van der Waals surface area contributed by atoms with E-state index in [1.165, 1.54) is 0 Å². The molecule has 3 heterocycles. The third-order valence-corrected chi connectivity index (χ3v) is 8.65. The Bertz CT molecular complexity index is 1420. The van der Waals surface area contributed by atoms with Crippen molar-refractivity contribution in [2.75, 3.05) is 26.2 Å². The van der Waals surface area contributed by atoms with Crippen LogP contribution in [0.3, 0.4) is 0 Å². The van der Waals surface area contributed by atoms with Gasteiger partial charge in [-0.15, -0.1) is 0 Å². The average Bonchev–Trinajstić information content (AvgIpc) is 3.02. The van der Waals surface area contributed by atoms with Gasteiger partial charge in [0.1, 0.15) is 17.0 Å². The fourth-order valence-corrected chi connectivity index (χ4v) is 6.19. The third kappa shape index (κ3) is 11.2. The second kappa shape index (κ2) is 15.8. The molecule has 1 aromatic carbocycles. The molecule has 2 fully saturated rings. The van der Waals surface area contributed by atoms with Crippen molar-refractivity contribution in [2.45, 2.75) is 104 Å². The van der Waals surface area contributed by atoms with Crippen LogP contribution in [0.1, 0.15) is 98.1 Å². The van der Waals surface area contributed by atoms with E-state index >= 15 is 0 Å². The van der Waals surface area contributed by atoms with Gasteiger partial charge in [0, 0.05) is 50.6 Å². The molecule has 2 aliphatic heterocycles. The maximum Gasteiger partial charge on any atom is 0.410 e. The maximum atomic E-state index is 13.7. The maximum absolute atomic E-state index is 13.7. The number of ether oxygens (including phenoxy) is 2. The second-order valence-corrected chi connectivity index (χ2v) is 15.0. The lowest BCUT2D eigenvalue weighted by atomic mass is 9.91. The number of hydrogen-bond acceptors (Lipinski definition) is 8. The molecule has 48 heavy (non-hydrogen) atoms. The summed E-state index contributed by atoms with van der Waals surface area (Å²) in [5.74, 6) is -0.521. The van der Waals surface area contributed by atoms with Gasteiger partial charge >= 0.3 is 12.1 Å². The molecule has 2 atom stereocenters. The number of phenolic OH excluding ortho intramolecular Hbond substituents is 1. The Kier molecular flexibility index (Phi) is 12.1. The quantitative estimate of drug-likeness (QED) is 0.311. The van der Waals surface area contributed by atoms with Crippen LogP contribution in [0.15, 0.2) is 42.7 Å². The molecular weight excluding hydrogens is 612 g/mol. The van der Waals surface area contributed by atoms with Crippen LogP contribution in [0.4, 0.5) is 4.79 Å². The summed E-state index contributed by atoms with van der Waals surface area (Å²) in [5, 5.41) is 12.8. The molecule has 0 saturated carbocycles. The summed E-state index contributed by atoms with van der Waals surface area (Å²) in [4.78, 5) is 60.2. The van der Waals surface area contributed by atoms with Gasteiger partial charge in [0.2, 0.25) is 11.8 Å². The Balaban J connectivity index is 1.35. The lowest BCUT2D eigenvalue weighted by Crippen LogP contribution is -2.46. The Hall–Kier alpha value is -4.15. The number of aromatic hydroxyl groups is 1. The molecule has 2 N–H and O–H groups in total. The van der Waals surface area contributed by atoms with E-state index in [2.05, 4.69) is 10.3 Å². The lowest BCUT2D eigenvalue weighted by molar-refractivity contribution is -0.155. The fourth-order valence-electron chi connectivity index (χ4n) is 6.19. The molecule has 4 rings (SSSR count). The highest BCUT2D eigenvalue weighted by Gasteiger charge is 2.32. The largest absolute Gasteiger partial charge is 0.508 e. The summed E-state index contributed by atoms with van der Waals surface area (Å²) < 4.78 is 11.1. The van der Waals surface area contributed by atoms with Gasteiger partial charge in [0.05, 0.1) is 18.4 Å². The lowest BCUT2D eigenvalue weighted by Gasteiger charge is -2.35. The number of rotatable bonds is 9. The summed E-state index contributed by atoms with van der Waals surface area (Å²) in [5.41, 5.74) is 1.05. The molecule has 2 aromatic rings. The van der Waals surface area contributed by atoms with Crippen molar-refractivity contribution in [3.63, 3.8) is 0 Å². The van der Waals surface area contributed by atoms with Crippen LogP contribution < -0.4 is 5.32 Å². The van der Waals surface area contributed by atoms with E-state index in [1.807, 2.05) is 26.8 Å². The highest BCUT2D eigenvalue weighted by molar-refractivity contribution is 5.82. The molecule has 0 radical (unpaired) electrons. The Morgan fingerprint density at radius 1 is 0.896 bits per heavy atom. The average molecular weight is 665 g/mol. The van der Waals surface area contributed by atoms with Gasteiger partial charge in [-0.2, -0.15) is 0 Å². The molecule has 262 valence electrons. The van der Waals surface area contributed by atoms with Crippen LogP contribution in [-0.2, 0) is 23.9 Å². The van der Waals surface area contributed by atoms with E-state index in [9.17, 15) is 24.3 Å². The van der Waals surface area contributed by atoms with E-state index in [0.717, 1.165) is 30.4 Å². The predicted molar refractivity (Wildman–Crippen MR) is 182 cm³/mol. The van der Waals surface area contributed by atoms with Crippen molar-refractivity contribution in [1.29, 1.82) is 0 Å². The van der Waals surface area contributed by atoms with Gasteiger partial charge in [0.15, 0.2) is 0 Å². The fraction of sp³-hybridized carbons (Fsp3) is 0.595. The number of nitrogens with zero attached hydrogens (tertiary/aromatic N) is 3. The molecule has 11 nitrogen and oxygen atoms in total. The smallest absolute Gasteiger partial charge is 0.410 e. The van der Waals surface area contributed by atoms with Crippen LogP contribution >= 0.6 is 0 Å². The zero-order valence-corrected chi connectivity index (χ0v) is 29.3. The summed E-state index contributed by atoms with van der Waals surface area (Å²) >= 11 is 0. The molecule has 0 spiro atoms. The molecular formula is C37H52N4O7.